The standard InChI is InChI=1S/C20H21ClN4O/c1-14(2)24-19-11-20(23-13-22-19)25-17-7-9-18(10-8-17)26-12-15-3-5-16(21)6-4-15/h3-11,13-14H,12H2,1-2H3,(H2,22,23,24,25). The van der Waals surface area contributed by atoms with Gasteiger partial charge in [0.05, 0.1) is 0 Å². The summed E-state index contributed by atoms with van der Waals surface area (Å²) in [5.41, 5.74) is 2.00. The van der Waals surface area contributed by atoms with Gasteiger partial charge < -0.3 is 15.4 Å². The van der Waals surface area contributed by atoms with Crippen LogP contribution in [0.2, 0.25) is 5.02 Å². The van der Waals surface area contributed by atoms with E-state index in [0.29, 0.717) is 12.6 Å². The van der Waals surface area contributed by atoms with Crippen LogP contribution in [0.25, 0.3) is 0 Å². The second-order valence-corrected chi connectivity index (χ2v) is 6.59. The van der Waals surface area contributed by atoms with Gasteiger partial charge in [0.15, 0.2) is 0 Å². The third-order valence-corrected chi connectivity index (χ3v) is 3.80. The minimum Gasteiger partial charge on any atom is -0.489 e. The summed E-state index contributed by atoms with van der Waals surface area (Å²) >= 11 is 5.89. The molecule has 0 aliphatic heterocycles. The number of hydrogen-bond donors (Lipinski definition) is 2. The molecule has 3 aromatic rings. The van der Waals surface area contributed by atoms with Crippen molar-refractivity contribution in [1.29, 1.82) is 0 Å². The highest BCUT2D eigenvalue weighted by Crippen LogP contribution is 2.21. The van der Waals surface area contributed by atoms with Crippen molar-refractivity contribution >= 4 is 28.9 Å². The normalized spacial score (nSPS) is 10.6. The van der Waals surface area contributed by atoms with Gasteiger partial charge in [0.1, 0.15) is 30.3 Å². The molecule has 1 aromatic heterocycles. The molecule has 3 rings (SSSR count). The molecule has 0 saturated heterocycles. The Hall–Kier alpha value is -2.79. The number of hydrogen-bond acceptors (Lipinski definition) is 5. The minimum absolute atomic E-state index is 0.315. The molecule has 0 amide bonds. The number of ether oxygens (including phenoxy) is 1. The van der Waals surface area contributed by atoms with Crippen LogP contribution in [0, 0.1) is 0 Å². The highest BCUT2D eigenvalue weighted by atomic mass is 35.5. The van der Waals surface area contributed by atoms with E-state index in [1.165, 1.54) is 6.33 Å². The van der Waals surface area contributed by atoms with Crippen molar-refractivity contribution in [3.8, 4) is 5.75 Å². The van der Waals surface area contributed by atoms with Gasteiger partial charge in [-0.15, -0.1) is 0 Å². The van der Waals surface area contributed by atoms with Crippen LogP contribution < -0.4 is 15.4 Å². The van der Waals surface area contributed by atoms with Crippen molar-refractivity contribution in [1.82, 2.24) is 9.97 Å². The quantitative estimate of drug-likeness (QED) is 0.594. The van der Waals surface area contributed by atoms with E-state index >= 15 is 0 Å². The summed E-state index contributed by atoms with van der Waals surface area (Å²) in [6.45, 7) is 4.63. The van der Waals surface area contributed by atoms with E-state index in [-0.39, 0.29) is 0 Å². The molecule has 0 bridgehead atoms. The lowest BCUT2D eigenvalue weighted by atomic mass is 10.2. The third-order valence-electron chi connectivity index (χ3n) is 3.55. The Kier molecular flexibility index (Phi) is 5.92. The first-order chi connectivity index (χ1) is 12.6. The first-order valence-electron chi connectivity index (χ1n) is 8.41. The smallest absolute Gasteiger partial charge is 0.135 e. The fraction of sp³-hybridized carbons (Fsp3) is 0.200. The second kappa shape index (κ2) is 8.54. The summed E-state index contributed by atoms with van der Waals surface area (Å²) < 4.78 is 5.79. The van der Waals surface area contributed by atoms with Gasteiger partial charge in [0, 0.05) is 22.8 Å². The van der Waals surface area contributed by atoms with Crippen molar-refractivity contribution in [2.75, 3.05) is 10.6 Å². The van der Waals surface area contributed by atoms with Crippen LogP contribution in [-0.2, 0) is 6.61 Å². The zero-order valence-corrected chi connectivity index (χ0v) is 15.5. The lowest BCUT2D eigenvalue weighted by molar-refractivity contribution is 0.306. The minimum atomic E-state index is 0.315. The number of nitrogens with zero attached hydrogens (tertiary/aromatic N) is 2. The zero-order valence-electron chi connectivity index (χ0n) is 14.7. The van der Waals surface area contributed by atoms with Crippen LogP contribution in [0.1, 0.15) is 19.4 Å². The average Bonchev–Trinajstić information content (AvgIpc) is 2.62. The molecule has 26 heavy (non-hydrogen) atoms. The number of aromatic nitrogens is 2. The van der Waals surface area contributed by atoms with Gasteiger partial charge >= 0.3 is 0 Å². The first-order valence-corrected chi connectivity index (χ1v) is 8.79. The largest absolute Gasteiger partial charge is 0.489 e. The molecule has 2 N–H and O–H groups in total. The highest BCUT2D eigenvalue weighted by molar-refractivity contribution is 6.30. The number of rotatable bonds is 7. The Bertz CT molecular complexity index is 835. The molecule has 2 aromatic carbocycles. The summed E-state index contributed by atoms with van der Waals surface area (Å²) in [4.78, 5) is 8.45. The van der Waals surface area contributed by atoms with E-state index in [1.54, 1.807) is 0 Å². The average molecular weight is 369 g/mol. The molecular weight excluding hydrogens is 348 g/mol. The van der Waals surface area contributed by atoms with Crippen molar-refractivity contribution in [2.45, 2.75) is 26.5 Å². The third kappa shape index (κ3) is 5.36. The van der Waals surface area contributed by atoms with E-state index in [2.05, 4.69) is 34.4 Å². The number of benzene rings is 2. The van der Waals surface area contributed by atoms with Gasteiger partial charge in [-0.3, -0.25) is 0 Å². The summed E-state index contributed by atoms with van der Waals surface area (Å²) in [7, 11) is 0. The Balaban J connectivity index is 1.58. The van der Waals surface area contributed by atoms with Crippen molar-refractivity contribution < 1.29 is 4.74 Å². The Morgan fingerprint density at radius 2 is 1.65 bits per heavy atom. The molecule has 6 heteroatoms. The van der Waals surface area contributed by atoms with Crippen LogP contribution in [0.5, 0.6) is 5.75 Å². The van der Waals surface area contributed by atoms with Crippen LogP contribution in [0.4, 0.5) is 17.3 Å². The maximum atomic E-state index is 5.89. The molecule has 0 aliphatic carbocycles. The molecule has 0 aliphatic rings. The van der Waals surface area contributed by atoms with E-state index < -0.39 is 0 Å². The monoisotopic (exact) mass is 368 g/mol. The summed E-state index contributed by atoms with van der Waals surface area (Å²) in [5.74, 6) is 2.33. The predicted molar refractivity (Wildman–Crippen MR) is 106 cm³/mol. The van der Waals surface area contributed by atoms with E-state index in [1.807, 2.05) is 54.6 Å². The van der Waals surface area contributed by atoms with Crippen LogP contribution in [0.3, 0.4) is 0 Å². The molecule has 0 saturated carbocycles. The Morgan fingerprint density at radius 3 is 2.35 bits per heavy atom. The molecule has 0 fully saturated rings. The maximum Gasteiger partial charge on any atom is 0.135 e. The summed E-state index contributed by atoms with van der Waals surface area (Å²) in [6.07, 6.45) is 1.54. The fourth-order valence-corrected chi connectivity index (χ4v) is 2.46. The van der Waals surface area contributed by atoms with Gasteiger partial charge in [-0.2, -0.15) is 0 Å². The van der Waals surface area contributed by atoms with Crippen LogP contribution in [0.15, 0.2) is 60.9 Å². The number of nitrogens with one attached hydrogen (secondary N) is 2. The highest BCUT2D eigenvalue weighted by Gasteiger charge is 2.02. The van der Waals surface area contributed by atoms with Crippen molar-refractivity contribution in [3.63, 3.8) is 0 Å². The first kappa shape index (κ1) is 18.0. The van der Waals surface area contributed by atoms with Crippen molar-refractivity contribution in [3.05, 3.63) is 71.5 Å². The van der Waals surface area contributed by atoms with Gasteiger partial charge in [-0.1, -0.05) is 23.7 Å². The summed E-state index contributed by atoms with van der Waals surface area (Å²) in [6, 6.07) is 17.6. The SMILES string of the molecule is CC(C)Nc1cc(Nc2ccc(OCc3ccc(Cl)cc3)cc2)ncn1. The number of anilines is 3. The fourth-order valence-electron chi connectivity index (χ4n) is 2.33. The van der Waals surface area contributed by atoms with Gasteiger partial charge in [-0.25, -0.2) is 9.97 Å². The Labute approximate surface area is 158 Å². The van der Waals surface area contributed by atoms with Gasteiger partial charge in [-0.05, 0) is 55.8 Å². The maximum absolute atomic E-state index is 5.89. The van der Waals surface area contributed by atoms with E-state index in [4.69, 9.17) is 16.3 Å². The molecule has 0 radical (unpaired) electrons. The summed E-state index contributed by atoms with van der Waals surface area (Å²) in [5, 5.41) is 7.24. The molecular formula is C20H21ClN4O. The molecule has 0 unspecified atom stereocenters. The lowest BCUT2D eigenvalue weighted by Crippen LogP contribution is -2.11. The van der Waals surface area contributed by atoms with Gasteiger partial charge in [0.25, 0.3) is 0 Å². The van der Waals surface area contributed by atoms with E-state index in [0.717, 1.165) is 33.7 Å². The Morgan fingerprint density at radius 1 is 0.962 bits per heavy atom. The molecule has 5 nitrogen and oxygen atoms in total. The van der Waals surface area contributed by atoms with Crippen LogP contribution >= 0.6 is 11.6 Å². The van der Waals surface area contributed by atoms with Gasteiger partial charge in [0.2, 0.25) is 0 Å². The van der Waals surface area contributed by atoms with E-state index in [9.17, 15) is 0 Å². The number of halogens is 1. The predicted octanol–water partition coefficient (Wildman–Crippen LogP) is 5.27. The second-order valence-electron chi connectivity index (χ2n) is 6.15. The lowest BCUT2D eigenvalue weighted by Gasteiger charge is -2.11. The zero-order chi connectivity index (χ0) is 18.4. The molecule has 1 heterocycles. The molecule has 134 valence electrons. The topological polar surface area (TPSA) is 59.1 Å². The van der Waals surface area contributed by atoms with Crippen LogP contribution in [-0.4, -0.2) is 16.0 Å². The molecule has 0 spiro atoms. The molecule has 0 atom stereocenters. The van der Waals surface area contributed by atoms with Crippen molar-refractivity contribution in [2.24, 2.45) is 0 Å².